The smallest absolute Gasteiger partial charge is 0.338 e. The summed E-state index contributed by atoms with van der Waals surface area (Å²) in [6, 6.07) is 14.4. The van der Waals surface area contributed by atoms with Crippen LogP contribution in [0.4, 0.5) is 5.69 Å². The molecular formula is C24H20N2O4S. The van der Waals surface area contributed by atoms with Crippen molar-refractivity contribution in [2.75, 3.05) is 6.61 Å². The summed E-state index contributed by atoms with van der Waals surface area (Å²) in [6.07, 6.45) is 5.02. The minimum atomic E-state index is -0.411. The van der Waals surface area contributed by atoms with Crippen molar-refractivity contribution in [3.63, 3.8) is 0 Å². The van der Waals surface area contributed by atoms with E-state index in [4.69, 9.17) is 4.74 Å². The van der Waals surface area contributed by atoms with Gasteiger partial charge in [-0.05, 0) is 48.4 Å². The van der Waals surface area contributed by atoms with Crippen LogP contribution in [-0.2, 0) is 16.6 Å². The van der Waals surface area contributed by atoms with E-state index in [1.165, 1.54) is 17.4 Å². The number of hydrogen-bond acceptors (Lipinski definition) is 6. The normalized spacial score (nSPS) is 14.7. The molecule has 1 N–H and O–H groups in total. The number of ketones is 1. The minimum Gasteiger partial charge on any atom is -0.493 e. The summed E-state index contributed by atoms with van der Waals surface area (Å²) < 4.78 is 6.58. The number of nitrogens with zero attached hydrogens (tertiary/aromatic N) is 2. The maximum absolute atomic E-state index is 12.5. The maximum atomic E-state index is 12.5. The Labute approximate surface area is 183 Å². The molecule has 156 valence electrons. The summed E-state index contributed by atoms with van der Waals surface area (Å²) in [4.78, 5) is 30.1. The Bertz CT molecular complexity index is 1310. The van der Waals surface area contributed by atoms with Crippen LogP contribution in [0.2, 0.25) is 0 Å². The average Bonchev–Trinajstić information content (AvgIpc) is 3.04. The number of benzene rings is 2. The summed E-state index contributed by atoms with van der Waals surface area (Å²) >= 11 is 1.25. The highest BCUT2D eigenvalue weighted by atomic mass is 32.1. The largest absolute Gasteiger partial charge is 0.493 e. The van der Waals surface area contributed by atoms with Gasteiger partial charge in [-0.15, -0.1) is 0 Å². The lowest BCUT2D eigenvalue weighted by atomic mass is 9.91. The van der Waals surface area contributed by atoms with Crippen LogP contribution in [0, 0.1) is 0 Å². The van der Waals surface area contributed by atoms with Crippen molar-refractivity contribution in [1.82, 2.24) is 4.57 Å². The molecule has 4 rings (SSSR count). The first-order chi connectivity index (χ1) is 15.0. The predicted molar refractivity (Wildman–Crippen MR) is 121 cm³/mol. The van der Waals surface area contributed by atoms with Gasteiger partial charge in [0.15, 0.2) is 10.6 Å². The van der Waals surface area contributed by atoms with Crippen molar-refractivity contribution >= 4 is 46.5 Å². The number of hydrogen-bond donors (Lipinski definition) is 1. The van der Waals surface area contributed by atoms with E-state index in [-0.39, 0.29) is 11.7 Å². The number of ether oxygens (including phenoxy) is 1. The topological polar surface area (TPSA) is 80.9 Å². The molecule has 0 unspecified atom stereocenters. The van der Waals surface area contributed by atoms with Crippen LogP contribution in [0.1, 0.15) is 33.3 Å². The zero-order valence-electron chi connectivity index (χ0n) is 17.0. The van der Waals surface area contributed by atoms with Crippen molar-refractivity contribution in [2.24, 2.45) is 12.0 Å². The quantitative estimate of drug-likeness (QED) is 0.491. The van der Waals surface area contributed by atoms with Gasteiger partial charge in [0.1, 0.15) is 0 Å². The molecular weight excluding hydrogens is 412 g/mol. The van der Waals surface area contributed by atoms with Crippen LogP contribution in [-0.4, -0.2) is 28.0 Å². The number of fused-ring (bicyclic) bond motifs is 1. The average molecular weight is 433 g/mol. The third kappa shape index (κ3) is 4.13. The number of carbonyl (C=O) groups excluding carboxylic acids is 2. The predicted octanol–water partition coefficient (Wildman–Crippen LogP) is 4.34. The van der Waals surface area contributed by atoms with Crippen LogP contribution in [0.25, 0.3) is 17.7 Å². The molecule has 1 heterocycles. The first-order valence-corrected chi connectivity index (χ1v) is 10.5. The van der Waals surface area contributed by atoms with Gasteiger partial charge in [-0.3, -0.25) is 9.36 Å². The first-order valence-electron chi connectivity index (χ1n) is 9.72. The molecule has 3 aromatic rings. The SMILES string of the molecule is CCOC(=O)c1cccc(N=c2sc(C=C3C(=O)C=Cc4ccccc43)c(O)n2C)c1. The van der Waals surface area contributed by atoms with E-state index in [9.17, 15) is 14.7 Å². The third-order valence-electron chi connectivity index (χ3n) is 4.81. The van der Waals surface area contributed by atoms with E-state index >= 15 is 0 Å². The Morgan fingerprint density at radius 2 is 2.00 bits per heavy atom. The van der Waals surface area contributed by atoms with E-state index in [1.54, 1.807) is 55.0 Å². The zero-order chi connectivity index (χ0) is 22.0. The Morgan fingerprint density at radius 1 is 1.19 bits per heavy atom. The van der Waals surface area contributed by atoms with E-state index < -0.39 is 5.97 Å². The van der Waals surface area contributed by atoms with Crippen molar-refractivity contribution in [3.05, 3.63) is 81.0 Å². The second-order valence-corrected chi connectivity index (χ2v) is 7.87. The molecule has 7 heteroatoms. The monoisotopic (exact) mass is 432 g/mol. The van der Waals surface area contributed by atoms with Crippen LogP contribution in [0.3, 0.4) is 0 Å². The lowest BCUT2D eigenvalue weighted by molar-refractivity contribution is -0.109. The lowest BCUT2D eigenvalue weighted by Gasteiger charge is -2.12. The summed E-state index contributed by atoms with van der Waals surface area (Å²) in [7, 11) is 1.69. The fourth-order valence-corrected chi connectivity index (χ4v) is 4.22. The van der Waals surface area contributed by atoms with Gasteiger partial charge in [-0.1, -0.05) is 47.7 Å². The molecule has 0 aliphatic heterocycles. The third-order valence-corrected chi connectivity index (χ3v) is 5.88. The van der Waals surface area contributed by atoms with Gasteiger partial charge in [0, 0.05) is 12.6 Å². The molecule has 0 saturated carbocycles. The molecule has 1 aliphatic rings. The summed E-state index contributed by atoms with van der Waals surface area (Å²) in [5.74, 6) is -0.515. The Balaban J connectivity index is 1.76. The van der Waals surface area contributed by atoms with E-state index in [0.717, 1.165) is 11.1 Å². The molecule has 1 aromatic heterocycles. The van der Waals surface area contributed by atoms with Crippen molar-refractivity contribution in [1.29, 1.82) is 0 Å². The Kier molecular flexibility index (Phi) is 5.68. The molecule has 2 aromatic carbocycles. The van der Waals surface area contributed by atoms with Crippen LogP contribution in [0.5, 0.6) is 5.88 Å². The van der Waals surface area contributed by atoms with Gasteiger partial charge in [-0.25, -0.2) is 9.79 Å². The molecule has 6 nitrogen and oxygen atoms in total. The molecule has 0 fully saturated rings. The molecule has 31 heavy (non-hydrogen) atoms. The fourth-order valence-electron chi connectivity index (χ4n) is 3.24. The summed E-state index contributed by atoms with van der Waals surface area (Å²) in [6.45, 7) is 2.05. The highest BCUT2D eigenvalue weighted by molar-refractivity contribution is 7.10. The minimum absolute atomic E-state index is 0.0117. The number of carbonyl (C=O) groups is 2. The van der Waals surface area contributed by atoms with Gasteiger partial charge >= 0.3 is 5.97 Å². The van der Waals surface area contributed by atoms with Crippen LogP contribution >= 0.6 is 11.3 Å². The number of rotatable bonds is 4. The summed E-state index contributed by atoms with van der Waals surface area (Å²) in [5, 5.41) is 10.6. The highest BCUT2D eigenvalue weighted by Crippen LogP contribution is 2.31. The standard InChI is InChI=1S/C24H20N2O4S/c1-3-30-23(29)16-8-6-9-17(13-16)25-24-26(2)22(28)21(31-24)14-19-18-10-5-4-7-15(18)11-12-20(19)27/h4-14,28H,3H2,1-2H3. The molecule has 0 atom stereocenters. The molecule has 0 saturated heterocycles. The lowest BCUT2D eigenvalue weighted by Crippen LogP contribution is -2.09. The van der Waals surface area contributed by atoms with Crippen LogP contribution in [0.15, 0.2) is 59.6 Å². The first kappa shape index (κ1) is 20.6. The molecule has 0 spiro atoms. The van der Waals surface area contributed by atoms with Crippen molar-refractivity contribution < 1.29 is 19.4 Å². The van der Waals surface area contributed by atoms with Gasteiger partial charge < -0.3 is 9.84 Å². The Hall–Kier alpha value is -3.71. The second-order valence-electron chi connectivity index (χ2n) is 6.86. The maximum Gasteiger partial charge on any atom is 0.338 e. The van der Waals surface area contributed by atoms with Gasteiger partial charge in [-0.2, -0.15) is 0 Å². The number of allylic oxidation sites excluding steroid dienone is 2. The summed E-state index contributed by atoms with van der Waals surface area (Å²) in [5.41, 5.74) is 3.26. The van der Waals surface area contributed by atoms with Gasteiger partial charge in [0.05, 0.1) is 22.7 Å². The molecule has 0 bridgehead atoms. The number of aromatic nitrogens is 1. The molecule has 0 radical (unpaired) electrons. The van der Waals surface area contributed by atoms with Gasteiger partial charge in [0.25, 0.3) is 0 Å². The van der Waals surface area contributed by atoms with E-state index in [1.807, 2.05) is 24.3 Å². The zero-order valence-corrected chi connectivity index (χ0v) is 17.8. The number of aromatic hydroxyl groups is 1. The highest BCUT2D eigenvalue weighted by Gasteiger charge is 2.19. The van der Waals surface area contributed by atoms with Crippen molar-refractivity contribution in [2.45, 2.75) is 6.92 Å². The van der Waals surface area contributed by atoms with Gasteiger partial charge in [0.2, 0.25) is 5.88 Å². The molecule has 1 aliphatic carbocycles. The molecule has 0 amide bonds. The second kappa shape index (κ2) is 8.57. The van der Waals surface area contributed by atoms with E-state index in [2.05, 4.69) is 4.99 Å². The van der Waals surface area contributed by atoms with E-state index in [0.29, 0.717) is 33.1 Å². The fraction of sp³-hybridized carbons (Fsp3) is 0.125. The van der Waals surface area contributed by atoms with Crippen LogP contribution < -0.4 is 4.80 Å². The number of esters is 1. The van der Waals surface area contributed by atoms with Crippen molar-refractivity contribution in [3.8, 4) is 5.88 Å². The number of thiazole rings is 1. The Morgan fingerprint density at radius 3 is 2.81 bits per heavy atom.